The zero-order valence-corrected chi connectivity index (χ0v) is 19.9. The fourth-order valence-electron chi connectivity index (χ4n) is 3.88. The summed E-state index contributed by atoms with van der Waals surface area (Å²) in [7, 11) is 1.57. The van der Waals surface area contributed by atoms with Crippen LogP contribution in [0.2, 0.25) is 0 Å². The first-order valence-corrected chi connectivity index (χ1v) is 11.6. The molecule has 0 radical (unpaired) electrons. The van der Waals surface area contributed by atoms with Gasteiger partial charge >= 0.3 is 0 Å². The molecule has 2 aromatic carbocycles. The SMILES string of the molecule is CCn1cc(/C=C(\NC(=O)c2ccc(OC)cc2)C(=O)NCCCn2ccnc2)c2ccccc21. The van der Waals surface area contributed by atoms with E-state index in [1.807, 2.05) is 41.2 Å². The number of benzene rings is 2. The Hall–Kier alpha value is -4.33. The van der Waals surface area contributed by atoms with Gasteiger partial charge in [0.1, 0.15) is 11.4 Å². The van der Waals surface area contributed by atoms with E-state index in [1.54, 1.807) is 50.0 Å². The van der Waals surface area contributed by atoms with Crippen LogP contribution in [0, 0.1) is 0 Å². The Kier molecular flexibility index (Phi) is 7.62. The third-order valence-electron chi connectivity index (χ3n) is 5.74. The Morgan fingerprint density at radius 1 is 1.11 bits per heavy atom. The normalized spacial score (nSPS) is 11.4. The first-order valence-electron chi connectivity index (χ1n) is 11.6. The Bertz CT molecular complexity index is 1320. The zero-order chi connectivity index (χ0) is 24.6. The molecule has 2 amide bonds. The Balaban J connectivity index is 1.57. The summed E-state index contributed by atoms with van der Waals surface area (Å²) in [4.78, 5) is 30.1. The number of hydrogen-bond donors (Lipinski definition) is 2. The van der Waals surface area contributed by atoms with Crippen molar-refractivity contribution < 1.29 is 14.3 Å². The average molecular weight is 472 g/mol. The molecule has 0 atom stereocenters. The van der Waals surface area contributed by atoms with E-state index in [4.69, 9.17) is 4.74 Å². The van der Waals surface area contributed by atoms with E-state index in [9.17, 15) is 9.59 Å². The summed E-state index contributed by atoms with van der Waals surface area (Å²) in [6.07, 6.45) is 9.81. The van der Waals surface area contributed by atoms with Gasteiger partial charge in [0.05, 0.1) is 13.4 Å². The largest absolute Gasteiger partial charge is 0.497 e. The predicted octanol–water partition coefficient (Wildman–Crippen LogP) is 3.84. The number of nitrogens with one attached hydrogen (secondary N) is 2. The van der Waals surface area contributed by atoms with Crippen LogP contribution in [0.4, 0.5) is 0 Å². The van der Waals surface area contributed by atoms with Gasteiger partial charge in [-0.3, -0.25) is 9.59 Å². The quantitative estimate of drug-likeness (QED) is 0.272. The van der Waals surface area contributed by atoms with Crippen molar-refractivity contribution in [3.63, 3.8) is 0 Å². The molecule has 2 heterocycles. The standard InChI is InChI=1S/C27H29N5O3/c1-3-32-18-21(23-7-4-5-8-25(23)32)17-24(27(34)29-13-6-15-31-16-14-28-19-31)30-26(33)20-9-11-22(35-2)12-10-20/h4-5,7-12,14,16-19H,3,6,13,15H2,1-2H3,(H,29,34)(H,30,33)/b24-17-. The molecule has 0 aliphatic heterocycles. The van der Waals surface area contributed by atoms with Gasteiger partial charge in [-0.2, -0.15) is 0 Å². The molecule has 2 N–H and O–H groups in total. The van der Waals surface area contributed by atoms with Crippen molar-refractivity contribution in [2.75, 3.05) is 13.7 Å². The lowest BCUT2D eigenvalue weighted by molar-refractivity contribution is -0.117. The van der Waals surface area contributed by atoms with E-state index in [-0.39, 0.29) is 17.5 Å². The molecular weight excluding hydrogens is 442 g/mol. The zero-order valence-electron chi connectivity index (χ0n) is 19.9. The van der Waals surface area contributed by atoms with Gasteiger partial charge in [0.2, 0.25) is 0 Å². The lowest BCUT2D eigenvalue weighted by atomic mass is 10.1. The molecule has 0 unspecified atom stereocenters. The molecule has 2 aromatic heterocycles. The number of nitrogens with zero attached hydrogens (tertiary/aromatic N) is 3. The van der Waals surface area contributed by atoms with E-state index >= 15 is 0 Å². The minimum atomic E-state index is -0.369. The average Bonchev–Trinajstić information content (AvgIpc) is 3.54. The molecule has 0 bridgehead atoms. The van der Waals surface area contributed by atoms with Gasteiger partial charge < -0.3 is 24.5 Å². The summed E-state index contributed by atoms with van der Waals surface area (Å²) < 4.78 is 9.24. The van der Waals surface area contributed by atoms with Crippen LogP contribution in [0.15, 0.2) is 79.1 Å². The third kappa shape index (κ3) is 5.78. The number of ether oxygens (including phenoxy) is 1. The van der Waals surface area contributed by atoms with Gasteiger partial charge in [0.15, 0.2) is 0 Å². The van der Waals surface area contributed by atoms with Crippen molar-refractivity contribution in [3.8, 4) is 5.75 Å². The summed E-state index contributed by atoms with van der Waals surface area (Å²) in [5, 5.41) is 6.75. The van der Waals surface area contributed by atoms with Gasteiger partial charge in [-0.1, -0.05) is 18.2 Å². The molecule has 8 heteroatoms. The number of carbonyl (C=O) groups excluding carboxylic acids is 2. The Morgan fingerprint density at radius 3 is 2.63 bits per heavy atom. The van der Waals surface area contributed by atoms with Crippen LogP contribution >= 0.6 is 0 Å². The molecule has 0 fully saturated rings. The number of para-hydroxylation sites is 1. The molecule has 4 rings (SSSR count). The molecule has 0 aliphatic rings. The second kappa shape index (κ2) is 11.2. The van der Waals surface area contributed by atoms with Crippen molar-refractivity contribution in [1.29, 1.82) is 0 Å². The number of aromatic nitrogens is 3. The molecular formula is C27H29N5O3. The van der Waals surface area contributed by atoms with Crippen LogP contribution < -0.4 is 15.4 Å². The summed E-state index contributed by atoms with van der Waals surface area (Å²) >= 11 is 0. The van der Waals surface area contributed by atoms with Crippen LogP contribution in [0.5, 0.6) is 5.75 Å². The van der Waals surface area contributed by atoms with Crippen LogP contribution in [-0.2, 0) is 17.9 Å². The number of carbonyl (C=O) groups is 2. The van der Waals surface area contributed by atoms with Crippen molar-refractivity contribution in [1.82, 2.24) is 24.8 Å². The van der Waals surface area contributed by atoms with Crippen molar-refractivity contribution in [2.45, 2.75) is 26.4 Å². The summed E-state index contributed by atoms with van der Waals surface area (Å²) in [6, 6.07) is 14.8. The van der Waals surface area contributed by atoms with Gasteiger partial charge in [-0.15, -0.1) is 0 Å². The van der Waals surface area contributed by atoms with Crippen molar-refractivity contribution >= 4 is 28.8 Å². The number of imidazole rings is 1. The van der Waals surface area contributed by atoms with Crippen LogP contribution in [0.1, 0.15) is 29.3 Å². The van der Waals surface area contributed by atoms with Gasteiger partial charge in [0.25, 0.3) is 11.8 Å². The minimum Gasteiger partial charge on any atom is -0.497 e. The molecule has 35 heavy (non-hydrogen) atoms. The first kappa shape index (κ1) is 23.8. The molecule has 0 aliphatic carbocycles. The Labute approximate surface area is 204 Å². The fraction of sp³-hybridized carbons (Fsp3) is 0.222. The molecule has 0 spiro atoms. The molecule has 180 valence electrons. The lowest BCUT2D eigenvalue weighted by Gasteiger charge is -2.12. The second-order valence-corrected chi connectivity index (χ2v) is 8.04. The monoisotopic (exact) mass is 471 g/mol. The number of aryl methyl sites for hydroxylation is 2. The van der Waals surface area contributed by atoms with Crippen LogP contribution in [0.3, 0.4) is 0 Å². The Morgan fingerprint density at radius 2 is 1.91 bits per heavy atom. The smallest absolute Gasteiger partial charge is 0.267 e. The lowest BCUT2D eigenvalue weighted by Crippen LogP contribution is -2.35. The molecule has 8 nitrogen and oxygen atoms in total. The van der Waals surface area contributed by atoms with Crippen molar-refractivity contribution in [3.05, 3.63) is 90.3 Å². The van der Waals surface area contributed by atoms with Crippen LogP contribution in [0.25, 0.3) is 17.0 Å². The maximum atomic E-state index is 13.1. The molecule has 0 saturated carbocycles. The maximum Gasteiger partial charge on any atom is 0.267 e. The van der Waals surface area contributed by atoms with E-state index in [2.05, 4.69) is 27.1 Å². The first-order chi connectivity index (χ1) is 17.1. The third-order valence-corrected chi connectivity index (χ3v) is 5.74. The van der Waals surface area contributed by atoms with E-state index in [1.165, 1.54) is 0 Å². The highest BCUT2D eigenvalue weighted by Gasteiger charge is 2.16. The van der Waals surface area contributed by atoms with Gasteiger partial charge in [0, 0.05) is 60.3 Å². The number of methoxy groups -OCH3 is 1. The summed E-state index contributed by atoms with van der Waals surface area (Å²) in [6.45, 7) is 4.06. The van der Waals surface area contributed by atoms with Crippen molar-refractivity contribution in [2.24, 2.45) is 0 Å². The van der Waals surface area contributed by atoms with E-state index in [0.717, 1.165) is 36.0 Å². The number of hydrogen-bond acceptors (Lipinski definition) is 4. The van der Waals surface area contributed by atoms with Gasteiger partial charge in [-0.05, 0) is 49.8 Å². The predicted molar refractivity (Wildman–Crippen MR) is 136 cm³/mol. The number of rotatable bonds is 10. The highest BCUT2D eigenvalue weighted by molar-refractivity contribution is 6.06. The fourth-order valence-corrected chi connectivity index (χ4v) is 3.88. The minimum absolute atomic E-state index is 0.187. The molecule has 4 aromatic rings. The topological polar surface area (TPSA) is 90.2 Å². The van der Waals surface area contributed by atoms with E-state index < -0.39 is 0 Å². The number of fused-ring (bicyclic) bond motifs is 1. The highest BCUT2D eigenvalue weighted by atomic mass is 16.5. The number of amides is 2. The summed E-state index contributed by atoms with van der Waals surface area (Å²) in [5.41, 5.74) is 2.55. The van der Waals surface area contributed by atoms with Crippen LogP contribution in [-0.4, -0.2) is 39.6 Å². The maximum absolute atomic E-state index is 13.1. The van der Waals surface area contributed by atoms with E-state index in [0.29, 0.717) is 17.9 Å². The summed E-state index contributed by atoms with van der Waals surface area (Å²) in [5.74, 6) is -0.0575. The second-order valence-electron chi connectivity index (χ2n) is 8.04. The molecule has 0 saturated heterocycles. The highest BCUT2D eigenvalue weighted by Crippen LogP contribution is 2.23. The van der Waals surface area contributed by atoms with Gasteiger partial charge in [-0.25, -0.2) is 4.98 Å².